The molecule has 0 radical (unpaired) electrons. The first-order chi connectivity index (χ1) is 16.7. The molecule has 2 aromatic carbocycles. The van der Waals surface area contributed by atoms with Crippen LogP contribution in [0.15, 0.2) is 48.5 Å². The molecule has 0 fully saturated rings. The third-order valence-electron chi connectivity index (χ3n) is 5.68. The summed E-state index contributed by atoms with van der Waals surface area (Å²) in [5.41, 5.74) is 1.35. The van der Waals surface area contributed by atoms with Crippen molar-refractivity contribution in [3.8, 4) is 11.5 Å². The van der Waals surface area contributed by atoms with Gasteiger partial charge >= 0.3 is 0 Å². The Bertz CT molecular complexity index is 1120. The van der Waals surface area contributed by atoms with E-state index in [1.54, 1.807) is 25.1 Å². The summed E-state index contributed by atoms with van der Waals surface area (Å²) < 4.78 is 37.4. The van der Waals surface area contributed by atoms with E-state index in [2.05, 4.69) is 5.32 Å². The molecule has 1 aliphatic heterocycles. The molecule has 1 atom stereocenters. The maximum Gasteiger partial charge on any atom is 0.242 e. The number of amides is 2. The molecule has 0 aromatic heterocycles. The Balaban J connectivity index is 1.71. The monoisotopic (exact) mass is 503 g/mol. The number of benzene rings is 2. The Morgan fingerprint density at radius 3 is 2.40 bits per heavy atom. The molecule has 1 heterocycles. The molecule has 3 rings (SSSR count). The summed E-state index contributed by atoms with van der Waals surface area (Å²) in [6, 6.07) is 13.8. The maximum absolute atomic E-state index is 13.2. The number of carbonyl (C=O) groups is 2. The topological polar surface area (TPSA) is 105 Å². The second-order valence-electron chi connectivity index (χ2n) is 8.34. The van der Waals surface area contributed by atoms with Crippen molar-refractivity contribution in [3.05, 3.63) is 54.1 Å². The molecule has 0 saturated heterocycles. The van der Waals surface area contributed by atoms with E-state index >= 15 is 0 Å². The van der Waals surface area contributed by atoms with Crippen LogP contribution in [0.5, 0.6) is 11.5 Å². The minimum atomic E-state index is -3.60. The van der Waals surface area contributed by atoms with Crippen LogP contribution in [0.3, 0.4) is 0 Å². The van der Waals surface area contributed by atoms with Crippen molar-refractivity contribution in [3.63, 3.8) is 0 Å². The fourth-order valence-electron chi connectivity index (χ4n) is 3.88. The van der Waals surface area contributed by atoms with Gasteiger partial charge in [-0.3, -0.25) is 13.9 Å². The SMILES string of the molecule is CCNC(=O)[C@@H](C)N(Cc1ccccc1)C(=O)CCCN(c1ccc2c(c1)OCCO2)S(C)(=O)=O. The second kappa shape index (κ2) is 11.9. The molecule has 1 N–H and O–H groups in total. The third kappa shape index (κ3) is 7.11. The number of ether oxygens (including phenoxy) is 2. The summed E-state index contributed by atoms with van der Waals surface area (Å²) in [4.78, 5) is 27.2. The van der Waals surface area contributed by atoms with Crippen LogP contribution < -0.4 is 19.1 Å². The predicted molar refractivity (Wildman–Crippen MR) is 134 cm³/mol. The van der Waals surface area contributed by atoms with Crippen LogP contribution in [-0.4, -0.2) is 63.7 Å². The smallest absolute Gasteiger partial charge is 0.242 e. The maximum atomic E-state index is 13.2. The fourth-order valence-corrected chi connectivity index (χ4v) is 4.83. The van der Waals surface area contributed by atoms with Gasteiger partial charge in [-0.25, -0.2) is 8.42 Å². The van der Waals surface area contributed by atoms with E-state index in [0.29, 0.717) is 36.9 Å². The van der Waals surface area contributed by atoms with Crippen LogP contribution in [0.4, 0.5) is 5.69 Å². The summed E-state index contributed by atoms with van der Waals surface area (Å²) >= 11 is 0. The number of nitrogens with zero attached hydrogens (tertiary/aromatic N) is 2. The quantitative estimate of drug-likeness (QED) is 0.505. The Hall–Kier alpha value is -3.27. The van der Waals surface area contributed by atoms with Gasteiger partial charge in [-0.05, 0) is 38.0 Å². The molecule has 0 saturated carbocycles. The first-order valence-corrected chi connectivity index (χ1v) is 13.5. The largest absolute Gasteiger partial charge is 0.486 e. The van der Waals surface area contributed by atoms with Crippen molar-refractivity contribution in [1.82, 2.24) is 10.2 Å². The highest BCUT2D eigenvalue weighted by molar-refractivity contribution is 7.92. The van der Waals surface area contributed by atoms with Crippen molar-refractivity contribution in [2.45, 2.75) is 39.3 Å². The molecule has 1 aliphatic rings. The van der Waals surface area contributed by atoms with E-state index in [4.69, 9.17) is 9.47 Å². The van der Waals surface area contributed by atoms with Crippen molar-refractivity contribution < 1.29 is 27.5 Å². The third-order valence-corrected chi connectivity index (χ3v) is 6.87. The lowest BCUT2D eigenvalue weighted by Crippen LogP contribution is -2.47. The number of nitrogens with one attached hydrogen (secondary N) is 1. The van der Waals surface area contributed by atoms with Crippen LogP contribution in [0.2, 0.25) is 0 Å². The lowest BCUT2D eigenvalue weighted by Gasteiger charge is -2.29. The molecule has 190 valence electrons. The summed E-state index contributed by atoms with van der Waals surface area (Å²) in [6.07, 6.45) is 1.51. The van der Waals surface area contributed by atoms with Crippen molar-refractivity contribution in [2.24, 2.45) is 0 Å². The summed E-state index contributed by atoms with van der Waals surface area (Å²) in [7, 11) is -3.60. The number of rotatable bonds is 11. The Labute approximate surface area is 207 Å². The molecule has 0 spiro atoms. The second-order valence-corrected chi connectivity index (χ2v) is 10.3. The van der Waals surface area contributed by atoms with Crippen molar-refractivity contribution in [1.29, 1.82) is 0 Å². The highest BCUT2D eigenvalue weighted by Crippen LogP contribution is 2.34. The van der Waals surface area contributed by atoms with Gasteiger partial charge in [-0.1, -0.05) is 30.3 Å². The number of sulfonamides is 1. The van der Waals surface area contributed by atoms with E-state index in [1.165, 1.54) is 9.21 Å². The van der Waals surface area contributed by atoms with Crippen molar-refractivity contribution in [2.75, 3.05) is 36.9 Å². The zero-order chi connectivity index (χ0) is 25.4. The summed E-state index contributed by atoms with van der Waals surface area (Å²) in [6.45, 7) is 5.23. The fraction of sp³-hybridized carbons (Fsp3) is 0.440. The highest BCUT2D eigenvalue weighted by Gasteiger charge is 2.26. The van der Waals surface area contributed by atoms with Crippen LogP contribution in [0.25, 0.3) is 0 Å². The first-order valence-electron chi connectivity index (χ1n) is 11.7. The number of carbonyl (C=O) groups excluding carboxylic acids is 2. The zero-order valence-corrected chi connectivity index (χ0v) is 21.2. The van der Waals surface area contributed by atoms with Crippen LogP contribution in [0.1, 0.15) is 32.3 Å². The van der Waals surface area contributed by atoms with Gasteiger partial charge in [0, 0.05) is 32.1 Å². The summed E-state index contributed by atoms with van der Waals surface area (Å²) in [5.74, 6) is 0.608. The molecular weight excluding hydrogens is 470 g/mol. The Kier molecular flexibility index (Phi) is 8.97. The summed E-state index contributed by atoms with van der Waals surface area (Å²) in [5, 5.41) is 2.76. The van der Waals surface area contributed by atoms with Gasteiger partial charge in [0.15, 0.2) is 11.5 Å². The molecular formula is C25H33N3O6S. The molecule has 10 heteroatoms. The van der Waals surface area contributed by atoms with Crippen LogP contribution in [0, 0.1) is 0 Å². The van der Waals surface area contributed by atoms with Gasteiger partial charge < -0.3 is 19.7 Å². The average Bonchev–Trinajstić information content (AvgIpc) is 2.84. The lowest BCUT2D eigenvalue weighted by molar-refractivity contribution is -0.140. The highest BCUT2D eigenvalue weighted by atomic mass is 32.2. The number of anilines is 1. The zero-order valence-electron chi connectivity index (χ0n) is 20.4. The van der Waals surface area contributed by atoms with Gasteiger partial charge in [0.2, 0.25) is 21.8 Å². The molecule has 0 aliphatic carbocycles. The normalized spacial score (nSPS) is 13.6. The van der Waals surface area contributed by atoms with Gasteiger partial charge in [0.1, 0.15) is 19.3 Å². The minimum Gasteiger partial charge on any atom is -0.486 e. The number of fused-ring (bicyclic) bond motifs is 1. The van der Waals surface area contributed by atoms with Gasteiger partial charge in [-0.15, -0.1) is 0 Å². The van der Waals surface area contributed by atoms with E-state index in [9.17, 15) is 18.0 Å². The molecule has 9 nitrogen and oxygen atoms in total. The Morgan fingerprint density at radius 2 is 1.74 bits per heavy atom. The molecule has 35 heavy (non-hydrogen) atoms. The molecule has 0 unspecified atom stereocenters. The van der Waals surface area contributed by atoms with Crippen LogP contribution >= 0.6 is 0 Å². The Morgan fingerprint density at radius 1 is 1.06 bits per heavy atom. The molecule has 2 amide bonds. The van der Waals surface area contributed by atoms with E-state index < -0.39 is 16.1 Å². The number of hydrogen-bond acceptors (Lipinski definition) is 6. The first kappa shape index (κ1) is 26.3. The van der Waals surface area contributed by atoms with Gasteiger partial charge in [0.05, 0.1) is 11.9 Å². The molecule has 0 bridgehead atoms. The van der Waals surface area contributed by atoms with Gasteiger partial charge in [0.25, 0.3) is 0 Å². The standard InChI is InChI=1S/C25H33N3O6S/c1-4-26-25(30)19(2)27(18-20-9-6-5-7-10-20)24(29)11-8-14-28(35(3,31)32)21-12-13-22-23(17-21)34-16-15-33-22/h5-7,9-10,12-13,17,19H,4,8,11,14-16,18H2,1-3H3,(H,26,30)/t19-/m1/s1. The average molecular weight is 504 g/mol. The van der Waals surface area contributed by atoms with E-state index in [0.717, 1.165) is 11.8 Å². The van der Waals surface area contributed by atoms with E-state index in [1.807, 2.05) is 37.3 Å². The van der Waals surface area contributed by atoms with Gasteiger partial charge in [-0.2, -0.15) is 0 Å². The number of hydrogen-bond donors (Lipinski definition) is 1. The van der Waals surface area contributed by atoms with Crippen LogP contribution in [-0.2, 0) is 26.2 Å². The minimum absolute atomic E-state index is 0.0904. The molecule has 2 aromatic rings. The van der Waals surface area contributed by atoms with E-state index in [-0.39, 0.29) is 37.7 Å². The van der Waals surface area contributed by atoms with Crippen molar-refractivity contribution >= 4 is 27.5 Å². The lowest BCUT2D eigenvalue weighted by atomic mass is 10.1. The predicted octanol–water partition coefficient (Wildman–Crippen LogP) is 2.56. The number of likely N-dealkylation sites (N-methyl/N-ethyl adjacent to an activating group) is 1.